The predicted octanol–water partition coefficient (Wildman–Crippen LogP) is 3.14. The number of thiophene rings is 1. The van der Waals surface area contributed by atoms with Crippen LogP contribution in [-0.4, -0.2) is 37.1 Å². The Hall–Kier alpha value is -2.87. The van der Waals surface area contributed by atoms with Gasteiger partial charge < -0.3 is 21.3 Å². The van der Waals surface area contributed by atoms with Crippen molar-refractivity contribution in [3.8, 4) is 0 Å². The van der Waals surface area contributed by atoms with Crippen molar-refractivity contribution in [3.05, 3.63) is 46.7 Å². The van der Waals surface area contributed by atoms with Gasteiger partial charge in [-0.05, 0) is 37.1 Å². The summed E-state index contributed by atoms with van der Waals surface area (Å²) in [6, 6.07) is 7.31. The summed E-state index contributed by atoms with van der Waals surface area (Å²) in [4.78, 5) is 21.5. The monoisotopic (exact) mass is 399 g/mol. The van der Waals surface area contributed by atoms with Crippen LogP contribution in [0.2, 0.25) is 0 Å². The molecule has 1 aromatic carbocycles. The molecular formula is C20H22FN5OS. The van der Waals surface area contributed by atoms with Gasteiger partial charge in [0, 0.05) is 38.1 Å². The van der Waals surface area contributed by atoms with Crippen LogP contribution >= 0.6 is 11.3 Å². The third kappa shape index (κ3) is 3.24. The predicted molar refractivity (Wildman–Crippen MR) is 113 cm³/mol. The third-order valence-corrected chi connectivity index (χ3v) is 6.32. The second-order valence-electron chi connectivity index (χ2n) is 6.98. The summed E-state index contributed by atoms with van der Waals surface area (Å²) < 4.78 is 14.0. The molecule has 4 rings (SSSR count). The van der Waals surface area contributed by atoms with Crippen LogP contribution in [0.3, 0.4) is 0 Å². The van der Waals surface area contributed by atoms with Gasteiger partial charge in [-0.15, -0.1) is 11.3 Å². The lowest BCUT2D eigenvalue weighted by molar-refractivity contribution is 0.100. The number of rotatable bonds is 3. The van der Waals surface area contributed by atoms with Gasteiger partial charge >= 0.3 is 0 Å². The molecule has 1 amide bonds. The topological polar surface area (TPSA) is 88.5 Å². The minimum atomic E-state index is -0.533. The Kier molecular flexibility index (Phi) is 4.80. The van der Waals surface area contributed by atoms with Crippen molar-refractivity contribution in [1.29, 1.82) is 0 Å². The number of halogens is 1. The number of fused-ring (bicyclic) bond motifs is 1. The second-order valence-corrected chi connectivity index (χ2v) is 7.98. The highest BCUT2D eigenvalue weighted by Crippen LogP contribution is 2.38. The molecule has 0 aliphatic carbocycles. The first-order valence-corrected chi connectivity index (χ1v) is 10.00. The number of pyridine rings is 1. The molecular weight excluding hydrogens is 377 g/mol. The maximum absolute atomic E-state index is 14.0. The summed E-state index contributed by atoms with van der Waals surface area (Å²) in [5.41, 5.74) is 14.6. The number of nitrogen functional groups attached to an aromatic ring is 1. The number of anilines is 3. The molecule has 0 atom stereocenters. The molecule has 0 spiro atoms. The number of carbonyl (C=O) groups excluding carboxylic acids is 1. The second kappa shape index (κ2) is 7.27. The van der Waals surface area contributed by atoms with Crippen molar-refractivity contribution in [1.82, 2.24) is 4.98 Å². The van der Waals surface area contributed by atoms with Gasteiger partial charge in [0.25, 0.3) is 5.91 Å². The van der Waals surface area contributed by atoms with E-state index in [0.29, 0.717) is 21.0 Å². The van der Waals surface area contributed by atoms with E-state index in [1.54, 1.807) is 19.2 Å². The fourth-order valence-electron chi connectivity index (χ4n) is 3.67. The number of benzene rings is 1. The minimum absolute atomic E-state index is 0.181. The Morgan fingerprint density at radius 2 is 1.93 bits per heavy atom. The van der Waals surface area contributed by atoms with Crippen LogP contribution in [0.5, 0.6) is 0 Å². The molecule has 28 heavy (non-hydrogen) atoms. The summed E-state index contributed by atoms with van der Waals surface area (Å²) in [5.74, 6) is -0.714. The molecule has 1 saturated heterocycles. The number of hydrogen-bond acceptors (Lipinski definition) is 6. The first-order valence-electron chi connectivity index (χ1n) is 9.18. The van der Waals surface area contributed by atoms with E-state index < -0.39 is 5.91 Å². The molecule has 8 heteroatoms. The molecule has 3 heterocycles. The zero-order valence-corrected chi connectivity index (χ0v) is 16.4. The standard InChI is InChI=1S/C20H22FN5OS/c1-12-3-4-13(11-14(12)21)25-7-2-8-26(10-9-25)15-5-6-24-20-16(15)17(22)18(28-20)19(23)27/h3-6,11H,2,7-10,22H2,1H3,(H2,23,27). The van der Waals surface area contributed by atoms with Crippen molar-refractivity contribution < 1.29 is 9.18 Å². The zero-order valence-electron chi connectivity index (χ0n) is 15.6. The average Bonchev–Trinajstić information content (AvgIpc) is 2.86. The third-order valence-electron chi connectivity index (χ3n) is 5.19. The Labute approximate surface area is 166 Å². The lowest BCUT2D eigenvalue weighted by atomic mass is 10.2. The number of hydrogen-bond donors (Lipinski definition) is 2. The highest BCUT2D eigenvalue weighted by Gasteiger charge is 2.22. The van der Waals surface area contributed by atoms with Gasteiger partial charge in [-0.25, -0.2) is 9.37 Å². The van der Waals surface area contributed by atoms with Crippen LogP contribution in [0.4, 0.5) is 21.5 Å². The van der Waals surface area contributed by atoms with E-state index in [1.165, 1.54) is 11.3 Å². The first-order chi connectivity index (χ1) is 13.5. The van der Waals surface area contributed by atoms with Gasteiger partial charge in [0.05, 0.1) is 16.8 Å². The maximum atomic E-state index is 14.0. The van der Waals surface area contributed by atoms with Gasteiger partial charge in [0.15, 0.2) is 0 Å². The Morgan fingerprint density at radius 1 is 1.18 bits per heavy atom. The Balaban J connectivity index is 1.63. The minimum Gasteiger partial charge on any atom is -0.397 e. The first kappa shape index (κ1) is 18.5. The molecule has 146 valence electrons. The fraction of sp³-hybridized carbons (Fsp3) is 0.300. The van der Waals surface area contributed by atoms with Gasteiger partial charge in [0.1, 0.15) is 15.5 Å². The normalized spacial score (nSPS) is 15.1. The van der Waals surface area contributed by atoms with Crippen LogP contribution in [0.15, 0.2) is 30.5 Å². The summed E-state index contributed by atoms with van der Waals surface area (Å²) in [6.45, 7) is 4.97. The zero-order chi connectivity index (χ0) is 19.8. The van der Waals surface area contributed by atoms with Gasteiger partial charge in [-0.2, -0.15) is 0 Å². The van der Waals surface area contributed by atoms with E-state index in [4.69, 9.17) is 11.5 Å². The quantitative estimate of drug-likeness (QED) is 0.706. The Bertz CT molecular complexity index is 1050. The fourth-order valence-corrected chi connectivity index (χ4v) is 4.61. The lowest BCUT2D eigenvalue weighted by Crippen LogP contribution is -2.30. The van der Waals surface area contributed by atoms with Gasteiger partial charge in [-0.1, -0.05) is 6.07 Å². The SMILES string of the molecule is Cc1ccc(N2CCCN(c3ccnc4sc(C(N)=O)c(N)c34)CC2)cc1F. The molecule has 0 bridgehead atoms. The number of nitrogens with zero attached hydrogens (tertiary/aromatic N) is 3. The highest BCUT2D eigenvalue weighted by atomic mass is 32.1. The number of aromatic nitrogens is 1. The molecule has 3 aromatic rings. The van der Waals surface area contributed by atoms with Gasteiger partial charge in [0.2, 0.25) is 0 Å². The maximum Gasteiger partial charge on any atom is 0.260 e. The Morgan fingerprint density at radius 3 is 2.68 bits per heavy atom. The van der Waals surface area contributed by atoms with Crippen LogP contribution in [0.1, 0.15) is 21.7 Å². The molecule has 2 aromatic heterocycles. The molecule has 0 saturated carbocycles. The summed E-state index contributed by atoms with van der Waals surface area (Å²) in [7, 11) is 0. The van der Waals surface area contributed by atoms with E-state index in [2.05, 4.69) is 14.8 Å². The highest BCUT2D eigenvalue weighted by molar-refractivity contribution is 7.21. The van der Waals surface area contributed by atoms with Crippen LogP contribution in [0.25, 0.3) is 10.2 Å². The van der Waals surface area contributed by atoms with Crippen LogP contribution in [0, 0.1) is 12.7 Å². The molecule has 1 fully saturated rings. The van der Waals surface area contributed by atoms with Gasteiger partial charge in [-0.3, -0.25) is 4.79 Å². The number of nitrogens with two attached hydrogens (primary N) is 2. The van der Waals surface area contributed by atoms with Crippen LogP contribution in [-0.2, 0) is 0 Å². The average molecular weight is 399 g/mol. The van der Waals surface area contributed by atoms with Crippen molar-refractivity contribution >= 4 is 44.5 Å². The van der Waals surface area contributed by atoms with Crippen molar-refractivity contribution in [3.63, 3.8) is 0 Å². The molecule has 1 aliphatic heterocycles. The van der Waals surface area contributed by atoms with Crippen LogP contribution < -0.4 is 21.3 Å². The number of amides is 1. The molecule has 1 aliphatic rings. The van der Waals surface area contributed by atoms with E-state index in [-0.39, 0.29) is 5.82 Å². The molecule has 6 nitrogen and oxygen atoms in total. The van der Waals surface area contributed by atoms with Crippen molar-refractivity contribution in [2.24, 2.45) is 5.73 Å². The molecule has 0 unspecified atom stereocenters. The smallest absolute Gasteiger partial charge is 0.260 e. The van der Waals surface area contributed by atoms with Crippen molar-refractivity contribution in [2.75, 3.05) is 41.7 Å². The largest absolute Gasteiger partial charge is 0.397 e. The molecule has 4 N–H and O–H groups in total. The summed E-state index contributed by atoms with van der Waals surface area (Å²) >= 11 is 1.23. The van der Waals surface area contributed by atoms with E-state index >= 15 is 0 Å². The van der Waals surface area contributed by atoms with E-state index in [9.17, 15) is 9.18 Å². The number of aryl methyl sites for hydroxylation is 1. The van der Waals surface area contributed by atoms with E-state index in [0.717, 1.165) is 49.4 Å². The number of primary amides is 1. The molecule has 0 radical (unpaired) electrons. The lowest BCUT2D eigenvalue weighted by Gasteiger charge is -2.25. The van der Waals surface area contributed by atoms with Crippen molar-refractivity contribution in [2.45, 2.75) is 13.3 Å². The van der Waals surface area contributed by atoms with E-state index in [1.807, 2.05) is 18.2 Å². The summed E-state index contributed by atoms with van der Waals surface area (Å²) in [5, 5.41) is 0.788. The summed E-state index contributed by atoms with van der Waals surface area (Å²) in [6.07, 6.45) is 2.66. The number of carbonyl (C=O) groups is 1.